The quantitative estimate of drug-likeness (QED) is 0.424. The summed E-state index contributed by atoms with van der Waals surface area (Å²) in [7, 11) is 0. The smallest absolute Gasteiger partial charge is 0.0488 e. The van der Waals surface area contributed by atoms with Crippen molar-refractivity contribution < 1.29 is 0 Å². The summed E-state index contributed by atoms with van der Waals surface area (Å²) in [6.07, 6.45) is 11.0. The molecular weight excluding hydrogens is 348 g/mol. The summed E-state index contributed by atoms with van der Waals surface area (Å²) in [6.45, 7) is 0. The molecule has 0 aromatic heterocycles. The van der Waals surface area contributed by atoms with Crippen molar-refractivity contribution in [2.75, 3.05) is 0 Å². The van der Waals surface area contributed by atoms with Crippen molar-refractivity contribution in [1.29, 1.82) is 0 Å². The molecule has 0 spiro atoms. The largest absolute Gasteiger partial charge is 0.0622 e. The second kappa shape index (κ2) is 8.19. The van der Waals surface area contributed by atoms with E-state index in [1.54, 1.807) is 11.1 Å². The first kappa shape index (κ1) is 18.7. The summed E-state index contributed by atoms with van der Waals surface area (Å²) in [5.74, 6) is 1.31. The summed E-state index contributed by atoms with van der Waals surface area (Å²) >= 11 is 0. The summed E-state index contributed by atoms with van der Waals surface area (Å²) in [6, 6.07) is 32.2. The molecular formula is C29H32. The Kier molecular flexibility index (Phi) is 5.27. The Morgan fingerprint density at radius 2 is 1.03 bits per heavy atom. The molecule has 0 heteroatoms. The molecule has 0 radical (unpaired) electrons. The van der Waals surface area contributed by atoms with Crippen LogP contribution >= 0.6 is 0 Å². The van der Waals surface area contributed by atoms with Gasteiger partial charge in [0, 0.05) is 5.41 Å². The first-order valence-corrected chi connectivity index (χ1v) is 11.6. The van der Waals surface area contributed by atoms with Crippen LogP contribution in [0.2, 0.25) is 0 Å². The zero-order chi connectivity index (χ0) is 19.5. The van der Waals surface area contributed by atoms with E-state index in [2.05, 4.69) is 84.9 Å². The van der Waals surface area contributed by atoms with E-state index in [1.165, 1.54) is 62.5 Å². The van der Waals surface area contributed by atoms with Gasteiger partial charge in [-0.25, -0.2) is 0 Å². The fraction of sp³-hybridized carbons (Fsp3) is 0.379. The lowest BCUT2D eigenvalue weighted by molar-refractivity contribution is 0.291. The molecule has 2 aliphatic rings. The van der Waals surface area contributed by atoms with Gasteiger partial charge in [-0.15, -0.1) is 0 Å². The third-order valence-electron chi connectivity index (χ3n) is 7.57. The highest BCUT2D eigenvalue weighted by Gasteiger charge is 2.53. The Morgan fingerprint density at radius 1 is 0.517 bits per heavy atom. The van der Waals surface area contributed by atoms with Crippen LogP contribution in [-0.2, 0) is 5.41 Å². The van der Waals surface area contributed by atoms with Gasteiger partial charge in [-0.1, -0.05) is 123 Å². The van der Waals surface area contributed by atoms with Gasteiger partial charge in [-0.3, -0.25) is 0 Å². The van der Waals surface area contributed by atoms with Crippen molar-refractivity contribution >= 4 is 0 Å². The van der Waals surface area contributed by atoms with Gasteiger partial charge in [0.1, 0.15) is 0 Å². The maximum absolute atomic E-state index is 2.44. The number of hydrogen-bond donors (Lipinski definition) is 0. The van der Waals surface area contributed by atoms with Crippen molar-refractivity contribution in [2.24, 2.45) is 5.92 Å². The molecule has 148 valence electrons. The average Bonchev–Trinajstić information content (AvgIpc) is 3.08. The van der Waals surface area contributed by atoms with Crippen LogP contribution in [0.25, 0.3) is 0 Å². The Labute approximate surface area is 176 Å². The van der Waals surface area contributed by atoms with E-state index in [9.17, 15) is 0 Å². The second-order valence-electron chi connectivity index (χ2n) is 9.04. The number of benzene rings is 3. The van der Waals surface area contributed by atoms with Crippen molar-refractivity contribution in [3.05, 3.63) is 107 Å². The van der Waals surface area contributed by atoms with E-state index in [-0.39, 0.29) is 5.41 Å². The van der Waals surface area contributed by atoms with Crippen LogP contribution in [0.4, 0.5) is 0 Å². The van der Waals surface area contributed by atoms with E-state index >= 15 is 0 Å². The molecule has 0 nitrogen and oxygen atoms in total. The van der Waals surface area contributed by atoms with Gasteiger partial charge in [-0.2, -0.15) is 0 Å². The van der Waals surface area contributed by atoms with Crippen molar-refractivity contribution in [3.63, 3.8) is 0 Å². The fourth-order valence-electron chi connectivity index (χ4n) is 6.42. The van der Waals surface area contributed by atoms with Gasteiger partial charge >= 0.3 is 0 Å². The maximum Gasteiger partial charge on any atom is 0.0488 e. The van der Waals surface area contributed by atoms with Gasteiger partial charge in [0.2, 0.25) is 0 Å². The molecule has 2 aliphatic carbocycles. The minimum atomic E-state index is -0.0248. The topological polar surface area (TPSA) is 0 Å². The number of hydrogen-bond acceptors (Lipinski definition) is 0. The summed E-state index contributed by atoms with van der Waals surface area (Å²) < 4.78 is 0. The first-order valence-electron chi connectivity index (χ1n) is 11.6. The molecule has 2 atom stereocenters. The lowest BCUT2D eigenvalue weighted by Gasteiger charge is -2.40. The minimum Gasteiger partial charge on any atom is -0.0622 e. The molecule has 29 heavy (non-hydrogen) atoms. The Hall–Kier alpha value is -2.34. The monoisotopic (exact) mass is 380 g/mol. The molecule has 3 aromatic rings. The van der Waals surface area contributed by atoms with Crippen LogP contribution in [-0.4, -0.2) is 0 Å². The summed E-state index contributed by atoms with van der Waals surface area (Å²) in [5.41, 5.74) is 6.10. The molecule has 1 saturated carbocycles. The Balaban J connectivity index is 1.77. The normalized spacial score (nSPS) is 23.7. The average molecular weight is 381 g/mol. The summed E-state index contributed by atoms with van der Waals surface area (Å²) in [4.78, 5) is 0. The predicted molar refractivity (Wildman–Crippen MR) is 122 cm³/mol. The number of rotatable bonds is 2. The van der Waals surface area contributed by atoms with Crippen LogP contribution in [0.5, 0.6) is 0 Å². The van der Waals surface area contributed by atoms with Crippen molar-refractivity contribution in [1.82, 2.24) is 0 Å². The van der Waals surface area contributed by atoms with E-state index in [0.29, 0.717) is 11.8 Å². The molecule has 0 amide bonds. The van der Waals surface area contributed by atoms with Crippen LogP contribution in [0, 0.1) is 5.92 Å². The molecule has 0 bridgehead atoms. The molecule has 2 unspecified atom stereocenters. The van der Waals surface area contributed by atoms with Crippen LogP contribution in [0.15, 0.2) is 84.9 Å². The van der Waals surface area contributed by atoms with Gasteiger partial charge in [-0.05, 0) is 46.9 Å². The van der Waals surface area contributed by atoms with Crippen LogP contribution in [0.3, 0.4) is 0 Å². The Morgan fingerprint density at radius 3 is 1.69 bits per heavy atom. The zero-order valence-electron chi connectivity index (χ0n) is 17.4. The Bertz CT molecular complexity index is 885. The lowest BCUT2D eigenvalue weighted by atomic mass is 9.62. The summed E-state index contributed by atoms with van der Waals surface area (Å²) in [5, 5.41) is 0. The third-order valence-corrected chi connectivity index (χ3v) is 7.57. The molecule has 0 aliphatic heterocycles. The highest BCUT2D eigenvalue weighted by atomic mass is 14.5. The minimum absolute atomic E-state index is 0.0248. The van der Waals surface area contributed by atoms with Crippen molar-refractivity contribution in [3.8, 4) is 0 Å². The van der Waals surface area contributed by atoms with E-state index in [4.69, 9.17) is 0 Å². The standard InChI is InChI=1S/C29H32/c1-2-4-12-21-27-25(19-11-3-1)26-20-13-14-22-28(26)29(27,23-15-7-5-8-16-23)24-17-9-6-10-18-24/h5-10,13-18,20,22,25,27H,1-4,11-12,19,21H2. The second-order valence-corrected chi connectivity index (χ2v) is 9.04. The lowest BCUT2D eigenvalue weighted by Crippen LogP contribution is -2.36. The third kappa shape index (κ3) is 3.14. The molecule has 3 aromatic carbocycles. The molecule has 1 fully saturated rings. The molecule has 5 rings (SSSR count). The van der Waals surface area contributed by atoms with Gasteiger partial charge in [0.25, 0.3) is 0 Å². The highest BCUT2D eigenvalue weighted by molar-refractivity contribution is 5.59. The van der Waals surface area contributed by atoms with Gasteiger partial charge in [0.15, 0.2) is 0 Å². The highest BCUT2D eigenvalue weighted by Crippen LogP contribution is 2.60. The SMILES string of the molecule is c1ccc(C2(c3ccccc3)c3ccccc3C3CCCCCCCCC32)cc1. The van der Waals surface area contributed by atoms with E-state index < -0.39 is 0 Å². The van der Waals surface area contributed by atoms with Crippen molar-refractivity contribution in [2.45, 2.75) is 62.7 Å². The molecule has 0 saturated heterocycles. The predicted octanol–water partition coefficient (Wildman–Crippen LogP) is 7.87. The van der Waals surface area contributed by atoms with E-state index in [1.807, 2.05) is 0 Å². The van der Waals surface area contributed by atoms with Gasteiger partial charge < -0.3 is 0 Å². The zero-order valence-corrected chi connectivity index (χ0v) is 17.4. The fourth-order valence-corrected chi connectivity index (χ4v) is 6.42. The molecule has 0 heterocycles. The maximum atomic E-state index is 2.44. The number of fused-ring (bicyclic) bond motifs is 3. The van der Waals surface area contributed by atoms with Crippen LogP contribution < -0.4 is 0 Å². The first-order chi connectivity index (χ1) is 14.4. The van der Waals surface area contributed by atoms with E-state index in [0.717, 1.165) is 0 Å². The molecule has 0 N–H and O–H groups in total. The van der Waals surface area contributed by atoms with Crippen LogP contribution in [0.1, 0.15) is 79.5 Å². The van der Waals surface area contributed by atoms with Gasteiger partial charge in [0.05, 0.1) is 0 Å².